The number of piperazine rings is 1. The van der Waals surface area contributed by atoms with Gasteiger partial charge in [0.1, 0.15) is 11.9 Å². The smallest absolute Gasteiger partial charge is 0.332 e. The molecular formula is C16H20N6O2S. The molecule has 2 aromatic heterocycles. The molecule has 1 aliphatic heterocycles. The summed E-state index contributed by atoms with van der Waals surface area (Å²) in [5, 5.41) is 10.4. The fraction of sp³-hybridized carbons (Fsp3) is 0.500. The molecule has 1 aliphatic rings. The van der Waals surface area contributed by atoms with E-state index in [9.17, 15) is 14.9 Å². The van der Waals surface area contributed by atoms with Crippen molar-refractivity contribution in [2.45, 2.75) is 13.8 Å². The van der Waals surface area contributed by atoms with Crippen molar-refractivity contribution in [3.63, 3.8) is 0 Å². The van der Waals surface area contributed by atoms with Crippen LogP contribution in [0.1, 0.15) is 16.1 Å². The summed E-state index contributed by atoms with van der Waals surface area (Å²) < 4.78 is 2.35. The molecule has 0 aliphatic carbocycles. The van der Waals surface area contributed by atoms with Crippen molar-refractivity contribution in [3.8, 4) is 6.07 Å². The van der Waals surface area contributed by atoms with Gasteiger partial charge in [-0.1, -0.05) is 0 Å². The minimum atomic E-state index is -0.547. The molecule has 0 aromatic carbocycles. The van der Waals surface area contributed by atoms with E-state index in [0.29, 0.717) is 18.9 Å². The minimum absolute atomic E-state index is 0.0130. The van der Waals surface area contributed by atoms with Gasteiger partial charge in [-0.2, -0.15) is 5.26 Å². The summed E-state index contributed by atoms with van der Waals surface area (Å²) in [6.45, 7) is 6.74. The fourth-order valence-electron chi connectivity index (χ4n) is 3.00. The monoisotopic (exact) mass is 360 g/mol. The molecule has 2 aromatic rings. The average molecular weight is 360 g/mol. The van der Waals surface area contributed by atoms with Gasteiger partial charge in [0.25, 0.3) is 5.56 Å². The van der Waals surface area contributed by atoms with Crippen LogP contribution in [0.2, 0.25) is 0 Å². The number of hydrogen-bond acceptors (Lipinski definition) is 7. The number of anilines is 2. The Bertz CT molecular complexity index is 953. The lowest BCUT2D eigenvalue weighted by Crippen LogP contribution is -2.50. The molecule has 132 valence electrons. The highest BCUT2D eigenvalue weighted by Gasteiger charge is 2.25. The van der Waals surface area contributed by atoms with E-state index in [1.807, 2.05) is 17.9 Å². The first-order valence-corrected chi connectivity index (χ1v) is 8.80. The zero-order chi connectivity index (χ0) is 18.3. The van der Waals surface area contributed by atoms with Crippen molar-refractivity contribution in [1.29, 1.82) is 5.26 Å². The first kappa shape index (κ1) is 17.2. The molecule has 3 heterocycles. The first-order chi connectivity index (χ1) is 11.8. The molecule has 3 rings (SSSR count). The van der Waals surface area contributed by atoms with Crippen molar-refractivity contribution in [2.24, 2.45) is 14.1 Å². The quantitative estimate of drug-likeness (QED) is 0.768. The largest absolute Gasteiger partial charge is 0.353 e. The van der Waals surface area contributed by atoms with Gasteiger partial charge in [-0.3, -0.25) is 13.9 Å². The topological polar surface area (TPSA) is 87.2 Å². The molecule has 8 nitrogen and oxygen atoms in total. The molecule has 0 amide bonds. The molecule has 1 saturated heterocycles. The van der Waals surface area contributed by atoms with Crippen LogP contribution < -0.4 is 21.0 Å². The van der Waals surface area contributed by atoms with Crippen LogP contribution in [0.15, 0.2) is 9.59 Å². The number of hydrogen-bond donors (Lipinski definition) is 0. The Labute approximate surface area is 149 Å². The Morgan fingerprint density at radius 1 is 1.04 bits per heavy atom. The normalized spacial score (nSPS) is 14.7. The summed E-state index contributed by atoms with van der Waals surface area (Å²) in [6, 6.07) is 1.97. The van der Waals surface area contributed by atoms with Gasteiger partial charge in [-0.15, -0.1) is 11.3 Å². The third-order valence-corrected chi connectivity index (χ3v) is 5.75. The molecule has 9 heteroatoms. The van der Waals surface area contributed by atoms with E-state index in [1.54, 1.807) is 18.4 Å². The Balaban J connectivity index is 1.90. The van der Waals surface area contributed by atoms with Crippen molar-refractivity contribution >= 4 is 22.3 Å². The Hall–Kier alpha value is -2.60. The van der Waals surface area contributed by atoms with E-state index >= 15 is 0 Å². The SMILES string of the molecule is Cc1nc(N2CCN(c3c(C#N)c(=O)n(C)c(=O)n3C)CC2)sc1C. The number of rotatable bonds is 2. The van der Waals surface area contributed by atoms with Crippen molar-refractivity contribution < 1.29 is 0 Å². The second kappa shape index (κ2) is 6.37. The third-order valence-electron chi connectivity index (χ3n) is 4.61. The highest BCUT2D eigenvalue weighted by Crippen LogP contribution is 2.27. The Morgan fingerprint density at radius 2 is 1.64 bits per heavy atom. The Morgan fingerprint density at radius 3 is 2.16 bits per heavy atom. The number of nitriles is 1. The molecule has 0 atom stereocenters. The van der Waals surface area contributed by atoms with Gasteiger partial charge in [-0.05, 0) is 13.8 Å². The molecule has 25 heavy (non-hydrogen) atoms. The summed E-state index contributed by atoms with van der Waals surface area (Å²) in [5.41, 5.74) is 0.0870. The van der Waals surface area contributed by atoms with E-state index < -0.39 is 11.2 Å². The van der Waals surface area contributed by atoms with Crippen LogP contribution in [0.4, 0.5) is 10.9 Å². The summed E-state index contributed by atoms with van der Waals surface area (Å²) in [6.07, 6.45) is 0. The summed E-state index contributed by atoms with van der Waals surface area (Å²) >= 11 is 1.67. The second-order valence-corrected chi connectivity index (χ2v) is 7.31. The van der Waals surface area contributed by atoms with Crippen LogP contribution in [-0.4, -0.2) is 40.3 Å². The predicted molar refractivity (Wildman–Crippen MR) is 97.7 cm³/mol. The second-order valence-electron chi connectivity index (χ2n) is 6.13. The third kappa shape index (κ3) is 2.82. The van der Waals surface area contributed by atoms with Crippen molar-refractivity contribution in [3.05, 3.63) is 37.0 Å². The van der Waals surface area contributed by atoms with E-state index in [4.69, 9.17) is 0 Å². The summed E-state index contributed by atoms with van der Waals surface area (Å²) in [4.78, 5) is 34.4. The lowest BCUT2D eigenvalue weighted by Gasteiger charge is -2.36. The van der Waals surface area contributed by atoms with Gasteiger partial charge in [0, 0.05) is 45.2 Å². The van der Waals surface area contributed by atoms with Gasteiger partial charge in [0.15, 0.2) is 10.7 Å². The van der Waals surface area contributed by atoms with E-state index in [1.165, 1.54) is 16.5 Å². The van der Waals surface area contributed by atoms with E-state index in [0.717, 1.165) is 28.5 Å². The fourth-order valence-corrected chi connectivity index (χ4v) is 3.96. The molecule has 1 fully saturated rings. The molecule has 0 radical (unpaired) electrons. The van der Waals surface area contributed by atoms with Crippen molar-refractivity contribution in [2.75, 3.05) is 36.0 Å². The predicted octanol–water partition coefficient (Wildman–Crippen LogP) is 0.356. The molecular weight excluding hydrogens is 340 g/mol. The maximum Gasteiger partial charge on any atom is 0.332 e. The van der Waals surface area contributed by atoms with Gasteiger partial charge < -0.3 is 9.80 Å². The van der Waals surface area contributed by atoms with Crippen LogP contribution in [-0.2, 0) is 14.1 Å². The number of aromatic nitrogens is 3. The molecule has 0 bridgehead atoms. The minimum Gasteiger partial charge on any atom is -0.353 e. The maximum atomic E-state index is 12.2. The van der Waals surface area contributed by atoms with E-state index in [2.05, 4.69) is 16.8 Å². The van der Waals surface area contributed by atoms with Gasteiger partial charge in [0.05, 0.1) is 5.69 Å². The zero-order valence-corrected chi connectivity index (χ0v) is 15.6. The number of aryl methyl sites for hydroxylation is 2. The number of nitrogens with zero attached hydrogens (tertiary/aromatic N) is 6. The van der Waals surface area contributed by atoms with Crippen molar-refractivity contribution in [1.82, 2.24) is 14.1 Å². The first-order valence-electron chi connectivity index (χ1n) is 7.99. The van der Waals surface area contributed by atoms with Crippen LogP contribution in [0.5, 0.6) is 0 Å². The summed E-state index contributed by atoms with van der Waals surface area (Å²) in [5.74, 6) is 0.404. The molecule has 0 N–H and O–H groups in total. The highest BCUT2D eigenvalue weighted by atomic mass is 32.1. The van der Waals surface area contributed by atoms with Crippen LogP contribution in [0.25, 0.3) is 0 Å². The lowest BCUT2D eigenvalue weighted by molar-refractivity contribution is 0.607. The van der Waals surface area contributed by atoms with Crippen LogP contribution in [0.3, 0.4) is 0 Å². The van der Waals surface area contributed by atoms with Crippen LogP contribution in [0, 0.1) is 25.2 Å². The molecule has 0 unspecified atom stereocenters. The van der Waals surface area contributed by atoms with Crippen LogP contribution >= 0.6 is 11.3 Å². The molecule has 0 spiro atoms. The molecule has 0 saturated carbocycles. The lowest BCUT2D eigenvalue weighted by atomic mass is 10.2. The average Bonchev–Trinajstić information content (AvgIpc) is 2.95. The van der Waals surface area contributed by atoms with E-state index in [-0.39, 0.29) is 5.56 Å². The summed E-state index contributed by atoms with van der Waals surface area (Å²) in [7, 11) is 2.98. The van der Waals surface area contributed by atoms with Gasteiger partial charge in [0.2, 0.25) is 0 Å². The maximum absolute atomic E-state index is 12.2. The standard InChI is InChI=1S/C16H20N6O2S/c1-10-11(2)25-15(18-10)22-7-5-21(6-8-22)13-12(9-17)14(23)20(4)16(24)19(13)3/h5-8H2,1-4H3. The Kier molecular flexibility index (Phi) is 4.39. The van der Waals surface area contributed by atoms with Gasteiger partial charge in [-0.25, -0.2) is 9.78 Å². The van der Waals surface area contributed by atoms with Gasteiger partial charge >= 0.3 is 5.69 Å². The highest BCUT2D eigenvalue weighted by molar-refractivity contribution is 7.15. The number of thiazole rings is 1. The zero-order valence-electron chi connectivity index (χ0n) is 14.7.